The Balaban J connectivity index is 1.03. The quantitative estimate of drug-likeness (QED) is 0.0523. The second kappa shape index (κ2) is 25.8. The van der Waals surface area contributed by atoms with Gasteiger partial charge in [0.2, 0.25) is 40.8 Å². The molecule has 6 amide bonds. The number of amides is 6. The lowest BCUT2D eigenvalue weighted by Gasteiger charge is -2.31. The average Bonchev–Trinajstić information content (AvgIpc) is 1.44. The number of benzene rings is 4. The van der Waals surface area contributed by atoms with E-state index in [2.05, 4.69) is 47.2 Å². The first-order chi connectivity index (χ1) is 41.2. The summed E-state index contributed by atoms with van der Waals surface area (Å²) >= 11 is 6.72. The van der Waals surface area contributed by atoms with Gasteiger partial charge in [0.15, 0.2) is 5.11 Å². The zero-order chi connectivity index (χ0) is 62.9. The number of aliphatic hydroxyl groups is 3. The molecule has 1 saturated heterocycles. The largest absolute Gasteiger partial charge is 0.861 e. The Hall–Kier alpha value is -8.63. The number of aliphatic hydroxyl groups excluding tert-OH is 2. The number of rotatable bonds is 9. The monoisotopic (exact) mass is 1230 g/mol. The molecule has 0 spiro atoms. The van der Waals surface area contributed by atoms with Crippen LogP contribution in [0.4, 0.5) is 11.4 Å². The number of anilines is 2. The number of nitrogens with one attached hydrogen (secondary N) is 8. The summed E-state index contributed by atoms with van der Waals surface area (Å²) in [7, 11) is 7.61. The first-order valence-corrected chi connectivity index (χ1v) is 29.5. The van der Waals surface area contributed by atoms with Crippen molar-refractivity contribution >= 4 is 110 Å². The van der Waals surface area contributed by atoms with Crippen LogP contribution < -0.4 is 57.2 Å². The highest BCUT2D eigenvalue weighted by molar-refractivity contribution is 7.99. The van der Waals surface area contributed by atoms with Crippen LogP contribution in [0.2, 0.25) is 0 Å². The Labute approximate surface area is 509 Å². The minimum atomic E-state index is -1.95. The first kappa shape index (κ1) is 62.9. The molecule has 27 heteroatoms. The summed E-state index contributed by atoms with van der Waals surface area (Å²) in [6.07, 6.45) is -3.86. The fraction of sp³-hybridized carbons (Fsp3) is 0.400. The first-order valence-electron chi connectivity index (χ1n) is 28.2. The molecule has 87 heavy (non-hydrogen) atoms. The molecular formula is C60H70N12O13S2. The molecular weight excluding hydrogens is 1160 g/mol. The van der Waals surface area contributed by atoms with Gasteiger partial charge in [-0.3, -0.25) is 33.8 Å². The highest BCUT2D eigenvalue weighted by atomic mass is 32.2. The number of fused-ring (bicyclic) bond motifs is 7. The zero-order valence-electron chi connectivity index (χ0n) is 49.0. The van der Waals surface area contributed by atoms with E-state index in [-0.39, 0.29) is 41.5 Å². The van der Waals surface area contributed by atoms with Crippen LogP contribution in [-0.4, -0.2) is 190 Å². The molecule has 3 aromatic carbocycles. The predicted octanol–water partition coefficient (Wildman–Crippen LogP) is 0.205. The van der Waals surface area contributed by atoms with Crippen molar-refractivity contribution in [3.63, 3.8) is 0 Å². The highest BCUT2D eigenvalue weighted by Crippen LogP contribution is 2.43. The van der Waals surface area contributed by atoms with Crippen molar-refractivity contribution in [3.8, 4) is 22.5 Å². The molecule has 0 unspecified atom stereocenters. The average molecular weight is 1230 g/mol. The van der Waals surface area contributed by atoms with Gasteiger partial charge in [-0.1, -0.05) is 24.3 Å². The van der Waals surface area contributed by atoms with Crippen molar-refractivity contribution in [2.75, 3.05) is 57.2 Å². The second-order valence-corrected chi connectivity index (χ2v) is 24.3. The van der Waals surface area contributed by atoms with Crippen LogP contribution >= 0.6 is 24.0 Å². The minimum Gasteiger partial charge on any atom is -0.861 e. The summed E-state index contributed by atoms with van der Waals surface area (Å²) in [5, 5.41) is 79.9. The number of para-hydroxylation sites is 1. The SMILES string of the molecule is C[C@@H]1NC(=O)[C@H](C[C@@](C)(O)CNC(=S)Nc2ccc(-c3c4ccc(=[N+](C)C)cc-4oc4cc(N(C)C)ccc34)c(C(=O)O)c2)NC(=O)[C@@H]2Cc3c([nH]c4ccccc34)SC[C@H](NC(=O)[C@@H]([C@H](C)O)NC1=O)C(=O)N1C[C@@H](O)C[C@H]1C(=O)N[C@@H](C)C([O-])=N2. The van der Waals surface area contributed by atoms with Crippen molar-refractivity contribution in [1.82, 2.24) is 46.4 Å². The molecule has 10 atom stereocenters. The number of nitrogens with zero attached hydrogens (tertiary/aromatic N) is 4. The van der Waals surface area contributed by atoms with E-state index in [4.69, 9.17) is 16.6 Å². The number of thioether (sulfide) groups is 1. The van der Waals surface area contributed by atoms with E-state index in [9.17, 15) is 59.1 Å². The number of hydrogen-bond acceptors (Lipinski definition) is 16. The van der Waals surface area contributed by atoms with Crippen LogP contribution in [0.1, 0.15) is 56.5 Å². The smallest absolute Gasteiger partial charge is 0.336 e. The van der Waals surface area contributed by atoms with E-state index in [1.807, 2.05) is 74.1 Å². The summed E-state index contributed by atoms with van der Waals surface area (Å²) in [4.78, 5) is 110. The number of aromatic amines is 1. The van der Waals surface area contributed by atoms with Crippen molar-refractivity contribution in [1.29, 1.82) is 0 Å². The molecule has 2 bridgehead atoms. The number of aromatic nitrogens is 1. The number of H-pyrrole nitrogens is 1. The number of aliphatic imine (C=N–C) groups is 1. The summed E-state index contributed by atoms with van der Waals surface area (Å²) in [5.74, 6) is -7.48. The third-order valence-corrected chi connectivity index (χ3v) is 17.0. The molecule has 12 N–H and O–H groups in total. The van der Waals surface area contributed by atoms with Gasteiger partial charge < -0.3 is 82.0 Å². The van der Waals surface area contributed by atoms with E-state index < -0.39 is 120 Å². The Morgan fingerprint density at radius 3 is 2.34 bits per heavy atom. The number of carbonyl (C=O) groups is 7. The molecule has 25 nitrogen and oxygen atoms in total. The number of carboxylic acids is 1. The number of carboxylic acid groups (broad SMARTS) is 1. The van der Waals surface area contributed by atoms with Crippen LogP contribution in [0.25, 0.3) is 44.3 Å². The van der Waals surface area contributed by atoms with Crippen LogP contribution in [0.15, 0.2) is 93.3 Å². The van der Waals surface area contributed by atoms with E-state index >= 15 is 0 Å². The summed E-state index contributed by atoms with van der Waals surface area (Å²) in [6.45, 7) is 4.46. The molecule has 460 valence electrons. The van der Waals surface area contributed by atoms with Crippen LogP contribution in [0.3, 0.4) is 0 Å². The molecule has 9 rings (SSSR count). The Bertz CT molecular complexity index is 3800. The van der Waals surface area contributed by atoms with E-state index in [1.165, 1.54) is 33.8 Å². The number of thiocarbonyl (C=S) groups is 1. The van der Waals surface area contributed by atoms with Crippen LogP contribution in [0.5, 0.6) is 0 Å². The van der Waals surface area contributed by atoms with Crippen molar-refractivity contribution in [3.05, 3.63) is 95.3 Å². The maximum atomic E-state index is 15.0. The van der Waals surface area contributed by atoms with Crippen molar-refractivity contribution in [2.24, 2.45) is 4.99 Å². The normalized spacial score (nSPS) is 23.6. The predicted molar refractivity (Wildman–Crippen MR) is 329 cm³/mol. The van der Waals surface area contributed by atoms with Gasteiger partial charge in [-0.15, -0.1) is 11.8 Å². The van der Waals surface area contributed by atoms with E-state index in [0.29, 0.717) is 54.9 Å². The Kier molecular flexibility index (Phi) is 18.6. The minimum absolute atomic E-state index is 0.0705. The molecule has 0 saturated carbocycles. The van der Waals surface area contributed by atoms with Gasteiger partial charge >= 0.3 is 5.97 Å². The molecule has 4 aromatic rings. The van der Waals surface area contributed by atoms with E-state index in [0.717, 1.165) is 27.7 Å². The zero-order valence-corrected chi connectivity index (χ0v) is 50.6. The molecule has 0 radical (unpaired) electrons. The molecule has 5 heterocycles. The lowest BCUT2D eigenvalue weighted by atomic mass is 9.90. The maximum absolute atomic E-state index is 15.0. The fourth-order valence-corrected chi connectivity index (χ4v) is 12.2. The Morgan fingerprint density at radius 2 is 1.63 bits per heavy atom. The highest BCUT2D eigenvalue weighted by Gasteiger charge is 2.44. The van der Waals surface area contributed by atoms with Gasteiger partial charge in [-0.2, -0.15) is 0 Å². The van der Waals surface area contributed by atoms with Crippen molar-refractivity contribution in [2.45, 2.75) is 112 Å². The lowest BCUT2D eigenvalue weighted by Crippen LogP contribution is -2.61. The molecule has 5 aliphatic rings. The molecule has 4 aliphatic heterocycles. The number of aromatic carboxylic acids is 1. The molecule has 1 aliphatic carbocycles. The summed E-state index contributed by atoms with van der Waals surface area (Å²) in [6, 6.07) is 12.4. The van der Waals surface area contributed by atoms with Crippen molar-refractivity contribution < 1.29 is 63.5 Å². The van der Waals surface area contributed by atoms with Gasteiger partial charge in [-0.25, -0.2) is 9.37 Å². The third-order valence-electron chi connectivity index (χ3n) is 15.6. The van der Waals surface area contributed by atoms with Gasteiger partial charge in [0, 0.05) is 103 Å². The number of hydrogen-bond donors (Lipinski definition) is 12. The van der Waals surface area contributed by atoms with E-state index in [1.54, 1.807) is 36.4 Å². The van der Waals surface area contributed by atoms with Crippen LogP contribution in [-0.2, 0) is 35.2 Å². The maximum Gasteiger partial charge on any atom is 0.336 e. The van der Waals surface area contributed by atoms with Crippen LogP contribution in [0, 0.1) is 0 Å². The van der Waals surface area contributed by atoms with Gasteiger partial charge in [-0.05, 0) is 93.3 Å². The van der Waals surface area contributed by atoms with Gasteiger partial charge in [0.1, 0.15) is 61.7 Å². The second-order valence-electron chi connectivity index (χ2n) is 22.9. The lowest BCUT2D eigenvalue weighted by molar-refractivity contribution is -0.221. The standard InChI is InChI=1S/C60H70N12O13S2/c1-28-50(75)65-42-23-39-35-11-9-10-12-41(35)68-56(39)87-26-44(57(81)72-25-34(74)22-45(72)54(79)63-28)67-55(80)49(30(3)73)69-51(76)29(2)62-53(78)43(66-52(42)77)24-60(4,84)27-61-59(86)64-31-13-16-36(40(19-31)58(82)83)48-37-17-14-32(70(5)6)20-46(37)85-47-21-33(71(7)8)15-18-38(47)48/h9-21,28-30,34,42-45,49,68,73-74,84H,22-27H2,1-8H3,(H8,61,62,63,65,66,67,69,75,76,77,78,79,80,82,83,86)/t28-,29-,30-,34-,42-,43-,44-,45-,49+,60+/m0/s1. The third kappa shape index (κ3) is 14.0. The van der Waals surface area contributed by atoms with Gasteiger partial charge in [0.05, 0.1) is 40.5 Å². The fourth-order valence-electron chi connectivity index (χ4n) is 10.9. The van der Waals surface area contributed by atoms with Gasteiger partial charge in [0.25, 0.3) is 0 Å². The number of carbonyl (C=O) groups excluding carboxylic acids is 6. The molecule has 1 aromatic heterocycles. The molecule has 1 fully saturated rings. The summed E-state index contributed by atoms with van der Waals surface area (Å²) < 4.78 is 8.39. The summed E-state index contributed by atoms with van der Waals surface area (Å²) in [5.41, 5.74) is 2.38. The topological polar surface area (TPSA) is 358 Å². The Morgan fingerprint density at radius 1 is 0.908 bits per heavy atom.